The van der Waals surface area contributed by atoms with Gasteiger partial charge in [-0.05, 0) is 27.2 Å². The lowest BCUT2D eigenvalue weighted by molar-refractivity contribution is -0.270. The number of rotatable bonds is 2. The van der Waals surface area contributed by atoms with Crippen molar-refractivity contribution in [2.75, 3.05) is 0 Å². The Kier molecular flexibility index (Phi) is 3.13. The molecule has 2 atom stereocenters. The van der Waals surface area contributed by atoms with Crippen LogP contribution in [0.2, 0.25) is 0 Å². The van der Waals surface area contributed by atoms with Crippen molar-refractivity contribution in [1.29, 1.82) is 0 Å². The summed E-state index contributed by atoms with van der Waals surface area (Å²) < 4.78 is 11.4. The molecule has 1 rings (SSSR count). The summed E-state index contributed by atoms with van der Waals surface area (Å²) in [5, 5.41) is 0. The molecule has 0 spiro atoms. The Bertz CT molecular complexity index is 143. The monoisotopic (exact) mass is 172 g/mol. The third-order valence-corrected chi connectivity index (χ3v) is 2.14. The lowest BCUT2D eigenvalue weighted by Crippen LogP contribution is -2.42. The average Bonchev–Trinajstić information content (AvgIpc) is 1.82. The maximum Gasteiger partial charge on any atom is 0.158 e. The first-order valence-corrected chi connectivity index (χ1v) is 4.87. The molecule has 0 aromatic carbocycles. The second kappa shape index (κ2) is 3.75. The Hall–Kier alpha value is -0.0800. The normalized spacial score (nSPS) is 35.0. The van der Waals surface area contributed by atoms with Gasteiger partial charge < -0.3 is 9.47 Å². The molecule has 2 unspecified atom stereocenters. The van der Waals surface area contributed by atoms with Gasteiger partial charge in [0.25, 0.3) is 0 Å². The van der Waals surface area contributed by atoms with E-state index in [0.29, 0.717) is 6.10 Å². The van der Waals surface area contributed by atoms with Crippen molar-refractivity contribution >= 4 is 0 Å². The fraction of sp³-hybridized carbons (Fsp3) is 1.00. The predicted octanol–water partition coefficient (Wildman–Crippen LogP) is 2.72. The molecule has 12 heavy (non-hydrogen) atoms. The van der Waals surface area contributed by atoms with Crippen molar-refractivity contribution in [2.24, 2.45) is 0 Å². The van der Waals surface area contributed by atoms with Gasteiger partial charge in [-0.25, -0.2) is 0 Å². The van der Waals surface area contributed by atoms with Gasteiger partial charge in [-0.15, -0.1) is 0 Å². The molecular formula is C10H20O2. The zero-order valence-corrected chi connectivity index (χ0v) is 8.59. The van der Waals surface area contributed by atoms with Crippen LogP contribution >= 0.6 is 0 Å². The van der Waals surface area contributed by atoms with Gasteiger partial charge in [0.2, 0.25) is 0 Å². The van der Waals surface area contributed by atoms with Crippen LogP contribution in [0.25, 0.3) is 0 Å². The van der Waals surface area contributed by atoms with Crippen molar-refractivity contribution < 1.29 is 9.47 Å². The Morgan fingerprint density at radius 2 is 2.08 bits per heavy atom. The molecule has 0 aromatic rings. The highest BCUT2D eigenvalue weighted by molar-refractivity contribution is 4.77. The molecule has 0 saturated carbocycles. The fourth-order valence-electron chi connectivity index (χ4n) is 1.79. The van der Waals surface area contributed by atoms with Crippen LogP contribution < -0.4 is 0 Å². The number of ether oxygens (including phenoxy) is 2. The molecule has 0 aliphatic carbocycles. The maximum atomic E-state index is 5.76. The minimum absolute atomic E-state index is 0.00248. The van der Waals surface area contributed by atoms with E-state index in [9.17, 15) is 0 Å². The summed E-state index contributed by atoms with van der Waals surface area (Å²) in [5.41, 5.74) is -0.00248. The molecule has 0 amide bonds. The standard InChI is InChI=1S/C10H20O2/c1-5-6-9-11-8(2)7-10(3,4)12-9/h8-9H,5-7H2,1-4H3. The molecule has 1 aliphatic rings. The van der Waals surface area contributed by atoms with E-state index >= 15 is 0 Å². The fourth-order valence-corrected chi connectivity index (χ4v) is 1.79. The van der Waals surface area contributed by atoms with E-state index in [1.54, 1.807) is 0 Å². The Morgan fingerprint density at radius 1 is 1.42 bits per heavy atom. The number of hydrogen-bond donors (Lipinski definition) is 0. The zero-order chi connectivity index (χ0) is 9.19. The van der Waals surface area contributed by atoms with Crippen molar-refractivity contribution in [1.82, 2.24) is 0 Å². The van der Waals surface area contributed by atoms with Crippen LogP contribution in [0.15, 0.2) is 0 Å². The van der Waals surface area contributed by atoms with Crippen LogP contribution in [0.1, 0.15) is 47.0 Å². The SMILES string of the molecule is CCCC1OC(C)CC(C)(C)O1. The van der Waals surface area contributed by atoms with Crippen LogP contribution in [-0.4, -0.2) is 18.0 Å². The van der Waals surface area contributed by atoms with E-state index in [1.165, 1.54) is 0 Å². The summed E-state index contributed by atoms with van der Waals surface area (Å²) >= 11 is 0. The summed E-state index contributed by atoms with van der Waals surface area (Å²) in [4.78, 5) is 0. The van der Waals surface area contributed by atoms with Crippen molar-refractivity contribution in [2.45, 2.75) is 65.0 Å². The van der Waals surface area contributed by atoms with E-state index < -0.39 is 0 Å². The molecule has 0 N–H and O–H groups in total. The second-order valence-corrected chi connectivity index (χ2v) is 4.25. The van der Waals surface area contributed by atoms with Gasteiger partial charge in [0.05, 0.1) is 11.7 Å². The predicted molar refractivity (Wildman–Crippen MR) is 49.0 cm³/mol. The van der Waals surface area contributed by atoms with Gasteiger partial charge in [0.15, 0.2) is 6.29 Å². The first-order chi connectivity index (χ1) is 5.53. The van der Waals surface area contributed by atoms with Gasteiger partial charge in [-0.1, -0.05) is 13.3 Å². The van der Waals surface area contributed by atoms with E-state index in [2.05, 4.69) is 27.7 Å². The topological polar surface area (TPSA) is 18.5 Å². The third kappa shape index (κ3) is 2.76. The molecule has 0 bridgehead atoms. The van der Waals surface area contributed by atoms with Gasteiger partial charge in [-0.2, -0.15) is 0 Å². The molecule has 1 fully saturated rings. The Labute approximate surface area is 75.2 Å². The van der Waals surface area contributed by atoms with E-state index in [0.717, 1.165) is 19.3 Å². The highest BCUT2D eigenvalue weighted by Gasteiger charge is 2.32. The Morgan fingerprint density at radius 3 is 2.58 bits per heavy atom. The average molecular weight is 172 g/mol. The van der Waals surface area contributed by atoms with Gasteiger partial charge in [0.1, 0.15) is 0 Å². The summed E-state index contributed by atoms with van der Waals surface area (Å²) in [5.74, 6) is 0. The van der Waals surface area contributed by atoms with E-state index in [-0.39, 0.29) is 11.9 Å². The Balaban J connectivity index is 2.46. The highest BCUT2D eigenvalue weighted by atomic mass is 16.7. The quantitative estimate of drug-likeness (QED) is 0.637. The molecule has 0 radical (unpaired) electrons. The van der Waals surface area contributed by atoms with Gasteiger partial charge >= 0.3 is 0 Å². The van der Waals surface area contributed by atoms with Crippen LogP contribution in [-0.2, 0) is 9.47 Å². The van der Waals surface area contributed by atoms with Gasteiger partial charge in [0, 0.05) is 6.42 Å². The summed E-state index contributed by atoms with van der Waals surface area (Å²) in [7, 11) is 0. The molecule has 2 nitrogen and oxygen atoms in total. The first-order valence-electron chi connectivity index (χ1n) is 4.87. The lowest BCUT2D eigenvalue weighted by Gasteiger charge is -2.39. The van der Waals surface area contributed by atoms with Crippen LogP contribution in [0.3, 0.4) is 0 Å². The van der Waals surface area contributed by atoms with Crippen LogP contribution in [0, 0.1) is 0 Å². The van der Waals surface area contributed by atoms with Crippen LogP contribution in [0.5, 0.6) is 0 Å². The maximum absolute atomic E-state index is 5.76. The molecule has 2 heteroatoms. The van der Waals surface area contributed by atoms with Crippen LogP contribution in [0.4, 0.5) is 0 Å². The van der Waals surface area contributed by atoms with Crippen molar-refractivity contribution in [3.63, 3.8) is 0 Å². The molecular weight excluding hydrogens is 152 g/mol. The zero-order valence-electron chi connectivity index (χ0n) is 8.59. The summed E-state index contributed by atoms with van der Waals surface area (Å²) in [6.07, 6.45) is 3.48. The third-order valence-electron chi connectivity index (χ3n) is 2.14. The smallest absolute Gasteiger partial charge is 0.158 e. The summed E-state index contributed by atoms with van der Waals surface area (Å²) in [6.45, 7) is 8.54. The first kappa shape index (κ1) is 10.0. The minimum atomic E-state index is -0.00248. The van der Waals surface area contributed by atoms with Gasteiger partial charge in [-0.3, -0.25) is 0 Å². The molecule has 0 aromatic heterocycles. The second-order valence-electron chi connectivity index (χ2n) is 4.25. The highest BCUT2D eigenvalue weighted by Crippen LogP contribution is 2.28. The van der Waals surface area contributed by atoms with E-state index in [4.69, 9.17) is 9.47 Å². The molecule has 1 saturated heterocycles. The minimum Gasteiger partial charge on any atom is -0.350 e. The van der Waals surface area contributed by atoms with Crippen molar-refractivity contribution in [3.8, 4) is 0 Å². The largest absolute Gasteiger partial charge is 0.350 e. The lowest BCUT2D eigenvalue weighted by atomic mass is 10.00. The molecule has 1 aliphatic heterocycles. The molecule has 72 valence electrons. The number of hydrogen-bond acceptors (Lipinski definition) is 2. The summed E-state index contributed by atoms with van der Waals surface area (Å²) in [6, 6.07) is 0. The molecule has 1 heterocycles. The van der Waals surface area contributed by atoms with E-state index in [1.807, 2.05) is 0 Å². The van der Waals surface area contributed by atoms with Crippen molar-refractivity contribution in [3.05, 3.63) is 0 Å².